The van der Waals surface area contributed by atoms with Crippen LogP contribution in [0, 0.1) is 12.3 Å². The first kappa shape index (κ1) is 12.1. The first-order valence-electron chi connectivity index (χ1n) is 5.65. The van der Waals surface area contributed by atoms with Gasteiger partial charge in [0.2, 0.25) is 0 Å². The van der Waals surface area contributed by atoms with Crippen molar-refractivity contribution in [2.24, 2.45) is 5.73 Å². The van der Waals surface area contributed by atoms with Gasteiger partial charge in [0, 0.05) is 5.69 Å². The summed E-state index contributed by atoms with van der Waals surface area (Å²) < 4.78 is 5.66. The third-order valence-corrected chi connectivity index (χ3v) is 2.50. The summed E-state index contributed by atoms with van der Waals surface area (Å²) in [4.78, 5) is 4.35. The molecule has 0 aliphatic carbocycles. The van der Waals surface area contributed by atoms with Crippen molar-refractivity contribution < 1.29 is 4.74 Å². The molecule has 1 aromatic carbocycles. The van der Waals surface area contributed by atoms with Gasteiger partial charge in [-0.3, -0.25) is 10.4 Å². The minimum absolute atomic E-state index is 0.00259. The average Bonchev–Trinajstić information content (AvgIpc) is 2.37. The van der Waals surface area contributed by atoms with Crippen LogP contribution in [0.2, 0.25) is 0 Å². The number of nitrogens with zero attached hydrogens (tertiary/aromatic N) is 1. The quantitative estimate of drug-likeness (QED) is 0.637. The molecular weight excluding hydrogens is 226 g/mol. The summed E-state index contributed by atoms with van der Waals surface area (Å²) in [5.41, 5.74) is 7.91. The number of benzene rings is 1. The van der Waals surface area contributed by atoms with E-state index in [1.165, 1.54) is 0 Å². The molecular formula is C14H15N3O. The van der Waals surface area contributed by atoms with Gasteiger partial charge in [-0.1, -0.05) is 18.2 Å². The zero-order valence-corrected chi connectivity index (χ0v) is 10.2. The molecule has 0 unspecified atom stereocenters. The van der Waals surface area contributed by atoms with Crippen molar-refractivity contribution in [2.75, 3.05) is 0 Å². The molecule has 0 saturated carbocycles. The Morgan fingerprint density at radius 2 is 2.00 bits per heavy atom. The molecule has 0 bridgehead atoms. The number of amidine groups is 1. The predicted molar refractivity (Wildman–Crippen MR) is 70.8 cm³/mol. The number of rotatable bonds is 4. The monoisotopic (exact) mass is 241 g/mol. The maximum Gasteiger partial charge on any atom is 0.130 e. The van der Waals surface area contributed by atoms with Gasteiger partial charge in [0.1, 0.15) is 18.2 Å². The van der Waals surface area contributed by atoms with Gasteiger partial charge in [-0.2, -0.15) is 0 Å². The van der Waals surface area contributed by atoms with Crippen LogP contribution < -0.4 is 10.5 Å². The molecule has 0 aliphatic rings. The Labute approximate surface area is 106 Å². The van der Waals surface area contributed by atoms with Crippen LogP contribution >= 0.6 is 0 Å². The summed E-state index contributed by atoms with van der Waals surface area (Å²) in [6.45, 7) is 2.30. The SMILES string of the molecule is Cc1cccc(COc2ccccc2C(=N)N)n1. The number of ether oxygens (including phenoxy) is 1. The molecule has 0 aliphatic heterocycles. The van der Waals surface area contributed by atoms with E-state index in [2.05, 4.69) is 4.98 Å². The lowest BCUT2D eigenvalue weighted by molar-refractivity contribution is 0.300. The molecule has 0 fully saturated rings. The molecule has 3 N–H and O–H groups in total. The highest BCUT2D eigenvalue weighted by molar-refractivity contribution is 5.97. The second-order valence-electron chi connectivity index (χ2n) is 3.97. The summed E-state index contributed by atoms with van der Waals surface area (Å²) in [5.74, 6) is 0.608. The number of aryl methyl sites for hydroxylation is 1. The number of nitrogens with one attached hydrogen (secondary N) is 1. The summed E-state index contributed by atoms with van der Waals surface area (Å²) in [6, 6.07) is 13.0. The van der Waals surface area contributed by atoms with E-state index in [1.54, 1.807) is 12.1 Å². The number of nitrogen functional groups attached to an aromatic ring is 1. The van der Waals surface area contributed by atoms with Crippen LogP contribution in [-0.4, -0.2) is 10.8 Å². The lowest BCUT2D eigenvalue weighted by Gasteiger charge is -2.10. The maximum absolute atomic E-state index is 7.48. The van der Waals surface area contributed by atoms with Crippen molar-refractivity contribution in [1.82, 2.24) is 4.98 Å². The highest BCUT2D eigenvalue weighted by atomic mass is 16.5. The smallest absolute Gasteiger partial charge is 0.130 e. The third-order valence-electron chi connectivity index (χ3n) is 2.50. The first-order chi connectivity index (χ1) is 8.66. The normalized spacial score (nSPS) is 10.1. The van der Waals surface area contributed by atoms with Gasteiger partial charge in [0.15, 0.2) is 0 Å². The van der Waals surface area contributed by atoms with E-state index in [1.807, 2.05) is 37.3 Å². The highest BCUT2D eigenvalue weighted by Gasteiger charge is 2.06. The molecule has 1 aromatic heterocycles. The average molecular weight is 241 g/mol. The predicted octanol–water partition coefficient (Wildman–Crippen LogP) is 2.25. The van der Waals surface area contributed by atoms with Gasteiger partial charge in [0.05, 0.1) is 11.3 Å². The van der Waals surface area contributed by atoms with E-state index in [-0.39, 0.29) is 5.84 Å². The van der Waals surface area contributed by atoms with Crippen molar-refractivity contribution in [2.45, 2.75) is 13.5 Å². The fourth-order valence-electron chi connectivity index (χ4n) is 1.65. The second kappa shape index (κ2) is 5.31. The molecule has 2 rings (SSSR count). The Balaban J connectivity index is 2.13. The number of pyridine rings is 1. The zero-order valence-electron chi connectivity index (χ0n) is 10.2. The molecule has 4 nitrogen and oxygen atoms in total. The standard InChI is InChI=1S/C14H15N3O/c1-10-5-4-6-11(17-10)9-18-13-8-3-2-7-12(13)14(15)16/h2-8H,9H2,1H3,(H3,15,16). The van der Waals surface area contributed by atoms with Crippen molar-refractivity contribution in [3.8, 4) is 5.75 Å². The molecule has 0 spiro atoms. The van der Waals surface area contributed by atoms with Crippen molar-refractivity contribution >= 4 is 5.84 Å². The summed E-state index contributed by atoms with van der Waals surface area (Å²) in [5, 5.41) is 7.48. The number of aromatic nitrogens is 1. The topological polar surface area (TPSA) is 72.0 Å². The summed E-state index contributed by atoms with van der Waals surface area (Å²) >= 11 is 0. The van der Waals surface area contributed by atoms with Gasteiger partial charge in [-0.05, 0) is 31.2 Å². The highest BCUT2D eigenvalue weighted by Crippen LogP contribution is 2.18. The summed E-state index contributed by atoms with van der Waals surface area (Å²) in [6.07, 6.45) is 0. The van der Waals surface area contributed by atoms with Crippen LogP contribution in [-0.2, 0) is 6.61 Å². The molecule has 0 radical (unpaired) electrons. The lowest BCUT2D eigenvalue weighted by atomic mass is 10.2. The van der Waals surface area contributed by atoms with Crippen molar-refractivity contribution in [3.05, 3.63) is 59.4 Å². The van der Waals surface area contributed by atoms with Crippen LogP contribution in [0.1, 0.15) is 17.0 Å². The van der Waals surface area contributed by atoms with Crippen LogP contribution in [0.4, 0.5) is 0 Å². The van der Waals surface area contributed by atoms with Gasteiger partial charge in [0.25, 0.3) is 0 Å². The number of para-hydroxylation sites is 1. The number of hydrogen-bond donors (Lipinski definition) is 2. The third kappa shape index (κ3) is 2.85. The van der Waals surface area contributed by atoms with Crippen LogP contribution in [0.25, 0.3) is 0 Å². The Morgan fingerprint density at radius 1 is 1.22 bits per heavy atom. The van der Waals surface area contributed by atoms with Gasteiger partial charge >= 0.3 is 0 Å². The first-order valence-corrected chi connectivity index (χ1v) is 5.65. The lowest BCUT2D eigenvalue weighted by Crippen LogP contribution is -2.13. The summed E-state index contributed by atoms with van der Waals surface area (Å²) in [7, 11) is 0. The maximum atomic E-state index is 7.48. The Bertz CT molecular complexity index is 566. The fraction of sp³-hybridized carbons (Fsp3) is 0.143. The van der Waals surface area contributed by atoms with Crippen LogP contribution in [0.15, 0.2) is 42.5 Å². The fourth-order valence-corrected chi connectivity index (χ4v) is 1.65. The molecule has 2 aromatic rings. The van der Waals surface area contributed by atoms with Gasteiger partial charge in [-0.15, -0.1) is 0 Å². The molecule has 0 atom stereocenters. The molecule has 4 heteroatoms. The largest absolute Gasteiger partial charge is 0.487 e. The molecule has 92 valence electrons. The molecule has 1 heterocycles. The van der Waals surface area contributed by atoms with E-state index in [4.69, 9.17) is 15.9 Å². The number of nitrogens with two attached hydrogens (primary N) is 1. The van der Waals surface area contributed by atoms with E-state index >= 15 is 0 Å². The van der Waals surface area contributed by atoms with Crippen LogP contribution in [0.3, 0.4) is 0 Å². The van der Waals surface area contributed by atoms with E-state index in [9.17, 15) is 0 Å². The Kier molecular flexibility index (Phi) is 3.57. The minimum atomic E-state index is 0.00259. The Morgan fingerprint density at radius 3 is 2.72 bits per heavy atom. The molecule has 18 heavy (non-hydrogen) atoms. The molecule has 0 amide bonds. The Hall–Kier alpha value is -2.36. The van der Waals surface area contributed by atoms with Crippen molar-refractivity contribution in [1.29, 1.82) is 5.41 Å². The van der Waals surface area contributed by atoms with E-state index in [0.717, 1.165) is 11.4 Å². The second-order valence-corrected chi connectivity index (χ2v) is 3.97. The van der Waals surface area contributed by atoms with Gasteiger partial charge in [-0.25, -0.2) is 0 Å². The molecule has 0 saturated heterocycles. The van der Waals surface area contributed by atoms with Gasteiger partial charge < -0.3 is 10.5 Å². The van der Waals surface area contributed by atoms with Crippen LogP contribution in [0.5, 0.6) is 5.75 Å². The zero-order chi connectivity index (χ0) is 13.0. The van der Waals surface area contributed by atoms with Crippen molar-refractivity contribution in [3.63, 3.8) is 0 Å². The minimum Gasteiger partial charge on any atom is -0.487 e. The number of hydrogen-bond acceptors (Lipinski definition) is 3. The van der Waals surface area contributed by atoms with E-state index < -0.39 is 0 Å². The van der Waals surface area contributed by atoms with E-state index in [0.29, 0.717) is 17.9 Å².